The van der Waals surface area contributed by atoms with Crippen molar-refractivity contribution in [3.63, 3.8) is 0 Å². The van der Waals surface area contributed by atoms with E-state index in [2.05, 4.69) is 16.6 Å². The molecule has 8 nitrogen and oxygen atoms in total. The number of carbonyl (C=O) groups excluding carboxylic acids is 1. The van der Waals surface area contributed by atoms with Crippen molar-refractivity contribution in [1.29, 1.82) is 0 Å². The second kappa shape index (κ2) is 7.40. The van der Waals surface area contributed by atoms with Gasteiger partial charge in [0.2, 0.25) is 11.5 Å². The van der Waals surface area contributed by atoms with Gasteiger partial charge in [0.1, 0.15) is 11.1 Å². The van der Waals surface area contributed by atoms with Crippen molar-refractivity contribution in [3.8, 4) is 5.75 Å². The lowest BCUT2D eigenvalue weighted by Gasteiger charge is -2.26. The van der Waals surface area contributed by atoms with Gasteiger partial charge in [-0.25, -0.2) is 4.99 Å². The van der Waals surface area contributed by atoms with E-state index in [9.17, 15) is 9.59 Å². The number of nitrogens with one attached hydrogen (secondary N) is 1. The molecule has 0 saturated carbocycles. The van der Waals surface area contributed by atoms with Crippen LogP contribution in [-0.4, -0.2) is 53.3 Å². The number of amides is 1. The molecule has 142 valence electrons. The Morgan fingerprint density at radius 2 is 2.15 bits per heavy atom. The number of rotatable bonds is 5. The minimum atomic E-state index is -0.219. The molecule has 27 heavy (non-hydrogen) atoms. The first-order valence-corrected chi connectivity index (χ1v) is 9.09. The van der Waals surface area contributed by atoms with Crippen LogP contribution in [0.25, 0.3) is 6.58 Å². The molecule has 0 spiro atoms. The number of nitrogens with zero attached hydrogens (tertiary/aromatic N) is 3. The molecule has 2 aliphatic heterocycles. The van der Waals surface area contributed by atoms with E-state index in [1.807, 2.05) is 23.1 Å². The average molecular weight is 370 g/mol. The quantitative estimate of drug-likeness (QED) is 0.636. The summed E-state index contributed by atoms with van der Waals surface area (Å²) < 4.78 is 12.8. The molecule has 3 heterocycles. The molecular weight excluding hydrogens is 348 g/mol. The lowest BCUT2D eigenvalue weighted by molar-refractivity contribution is -0.135. The number of carbonyl (C=O) groups is 1. The smallest absolute Gasteiger partial charge is 0.274 e. The fraction of sp³-hybridized carbons (Fsp3) is 0.421. The summed E-state index contributed by atoms with van der Waals surface area (Å²) in [4.78, 5) is 32.8. The number of aromatic amines is 1. The number of ether oxygens (including phenoxy) is 2. The summed E-state index contributed by atoms with van der Waals surface area (Å²) in [7, 11) is 0. The molecule has 0 bridgehead atoms. The highest BCUT2D eigenvalue weighted by Crippen LogP contribution is 2.26. The second-order valence-electron chi connectivity index (χ2n) is 6.66. The second-order valence-corrected chi connectivity index (χ2v) is 6.66. The summed E-state index contributed by atoms with van der Waals surface area (Å²) in [5.41, 5.74) is 2.08. The van der Waals surface area contributed by atoms with Crippen molar-refractivity contribution in [2.75, 3.05) is 32.9 Å². The van der Waals surface area contributed by atoms with Crippen LogP contribution in [0.15, 0.2) is 28.0 Å². The van der Waals surface area contributed by atoms with E-state index in [4.69, 9.17) is 9.47 Å². The highest BCUT2D eigenvalue weighted by molar-refractivity contribution is 5.76. The molecule has 1 amide bonds. The van der Waals surface area contributed by atoms with Crippen LogP contribution in [0.4, 0.5) is 5.69 Å². The molecule has 0 radical (unpaired) electrons. The first-order valence-electron chi connectivity index (χ1n) is 9.09. The van der Waals surface area contributed by atoms with Crippen molar-refractivity contribution in [2.24, 2.45) is 4.99 Å². The van der Waals surface area contributed by atoms with E-state index >= 15 is 0 Å². The Hall–Kier alpha value is -2.87. The topological polar surface area (TPSA) is 88.9 Å². The van der Waals surface area contributed by atoms with Crippen LogP contribution >= 0.6 is 0 Å². The number of imidazole rings is 1. The maximum absolute atomic E-state index is 12.1. The van der Waals surface area contributed by atoms with Crippen LogP contribution in [0.2, 0.25) is 0 Å². The molecule has 0 aliphatic carbocycles. The predicted octanol–water partition coefficient (Wildman–Crippen LogP) is -0.0825. The minimum Gasteiger partial charge on any atom is -0.494 e. The van der Waals surface area contributed by atoms with Crippen molar-refractivity contribution in [2.45, 2.75) is 19.4 Å². The molecule has 1 aromatic carbocycles. The number of aromatic nitrogens is 2. The molecule has 0 unspecified atom stereocenters. The third-order valence-corrected chi connectivity index (χ3v) is 4.84. The van der Waals surface area contributed by atoms with Gasteiger partial charge in [-0.05, 0) is 24.6 Å². The third-order valence-electron chi connectivity index (χ3n) is 4.84. The minimum absolute atomic E-state index is 0.152. The van der Waals surface area contributed by atoms with Gasteiger partial charge in [0.25, 0.3) is 5.56 Å². The molecule has 1 aromatic heterocycles. The number of morpholine rings is 1. The normalized spacial score (nSPS) is 15.6. The van der Waals surface area contributed by atoms with Gasteiger partial charge >= 0.3 is 0 Å². The largest absolute Gasteiger partial charge is 0.494 e. The Morgan fingerprint density at radius 1 is 1.33 bits per heavy atom. The first kappa shape index (κ1) is 17.5. The highest BCUT2D eigenvalue weighted by atomic mass is 16.5. The Kier molecular flexibility index (Phi) is 4.81. The van der Waals surface area contributed by atoms with Crippen molar-refractivity contribution < 1.29 is 14.3 Å². The van der Waals surface area contributed by atoms with Gasteiger partial charge in [-0.15, -0.1) is 0 Å². The summed E-state index contributed by atoms with van der Waals surface area (Å²) in [5, 5.41) is 0.396. The molecule has 1 fully saturated rings. The molecule has 0 atom stereocenters. The monoisotopic (exact) mass is 370 g/mol. The van der Waals surface area contributed by atoms with Gasteiger partial charge in [-0.3, -0.25) is 14.6 Å². The van der Waals surface area contributed by atoms with Crippen LogP contribution < -0.4 is 21.3 Å². The summed E-state index contributed by atoms with van der Waals surface area (Å²) >= 11 is 0. The van der Waals surface area contributed by atoms with Gasteiger partial charge in [-0.1, -0.05) is 6.58 Å². The Morgan fingerprint density at radius 3 is 2.96 bits per heavy atom. The Balaban J connectivity index is 1.34. The molecule has 2 aliphatic rings. The van der Waals surface area contributed by atoms with Crippen molar-refractivity contribution in [1.82, 2.24) is 14.5 Å². The number of hydrogen-bond acceptors (Lipinski definition) is 5. The number of fused-ring (bicyclic) bond motifs is 2. The van der Waals surface area contributed by atoms with Gasteiger partial charge < -0.3 is 18.9 Å². The fourth-order valence-electron chi connectivity index (χ4n) is 3.31. The zero-order valence-electron chi connectivity index (χ0n) is 15.1. The molecular formula is C19H22N4O4. The standard InChI is InChI=1S/C19H22N4O4/c1-13-18(25)21-19-20-16-5-4-15(11-14(16)12-23(13)19)27-8-2-3-17(24)22-6-9-26-10-7-22/h4-5,11H,1-3,6-10,12H2,(H,20,21,25). The third kappa shape index (κ3) is 3.66. The van der Waals surface area contributed by atoms with Crippen molar-refractivity contribution in [3.05, 3.63) is 45.1 Å². The van der Waals surface area contributed by atoms with Crippen LogP contribution in [0.3, 0.4) is 0 Å². The summed E-state index contributed by atoms with van der Waals surface area (Å²) in [6.45, 7) is 7.37. The van der Waals surface area contributed by atoms with Crippen LogP contribution in [0.1, 0.15) is 18.4 Å². The SMILES string of the molecule is C=c1c(=O)[nH]c2n1Cc1cc(OCCCC(=O)N3CCOCC3)ccc1N=2. The van der Waals surface area contributed by atoms with E-state index in [1.165, 1.54) is 0 Å². The molecule has 8 heteroatoms. The summed E-state index contributed by atoms with van der Waals surface area (Å²) in [5.74, 6) is 0.884. The molecule has 1 N–H and O–H groups in total. The van der Waals surface area contributed by atoms with Gasteiger partial charge in [0.15, 0.2) is 0 Å². The average Bonchev–Trinajstić information content (AvgIpc) is 2.97. The van der Waals surface area contributed by atoms with E-state index in [0.29, 0.717) is 63.3 Å². The van der Waals surface area contributed by atoms with E-state index < -0.39 is 0 Å². The van der Waals surface area contributed by atoms with E-state index in [1.54, 1.807) is 4.57 Å². The van der Waals surface area contributed by atoms with Gasteiger partial charge in [-0.2, -0.15) is 0 Å². The van der Waals surface area contributed by atoms with Crippen molar-refractivity contribution >= 4 is 18.2 Å². The molecule has 4 rings (SSSR count). The molecule has 1 saturated heterocycles. The zero-order valence-corrected chi connectivity index (χ0v) is 15.1. The Bertz CT molecular complexity index is 1020. The Labute approximate surface area is 155 Å². The number of benzene rings is 1. The lowest BCUT2D eigenvalue weighted by atomic mass is 10.1. The van der Waals surface area contributed by atoms with E-state index in [-0.39, 0.29) is 11.5 Å². The number of hydrogen-bond donors (Lipinski definition) is 1. The van der Waals surface area contributed by atoms with Crippen LogP contribution in [0, 0.1) is 0 Å². The van der Waals surface area contributed by atoms with Crippen LogP contribution in [-0.2, 0) is 16.1 Å². The van der Waals surface area contributed by atoms with Gasteiger partial charge in [0.05, 0.1) is 32.1 Å². The fourth-order valence-corrected chi connectivity index (χ4v) is 3.31. The summed E-state index contributed by atoms with van der Waals surface area (Å²) in [6, 6.07) is 5.66. The zero-order chi connectivity index (χ0) is 18.8. The lowest BCUT2D eigenvalue weighted by Crippen LogP contribution is -2.40. The molecule has 2 aromatic rings. The van der Waals surface area contributed by atoms with Gasteiger partial charge in [0, 0.05) is 25.1 Å². The number of H-pyrrole nitrogens is 1. The van der Waals surface area contributed by atoms with E-state index in [0.717, 1.165) is 17.0 Å². The highest BCUT2D eigenvalue weighted by Gasteiger charge is 2.16. The van der Waals surface area contributed by atoms with Crippen LogP contribution in [0.5, 0.6) is 5.75 Å². The predicted molar refractivity (Wildman–Crippen MR) is 98.7 cm³/mol. The first-order chi connectivity index (χ1) is 13.1. The maximum Gasteiger partial charge on any atom is 0.274 e. The summed E-state index contributed by atoms with van der Waals surface area (Å²) in [6.07, 6.45) is 1.14. The maximum atomic E-state index is 12.1.